The van der Waals surface area contributed by atoms with Crippen LogP contribution in [0.25, 0.3) is 0 Å². The summed E-state index contributed by atoms with van der Waals surface area (Å²) in [7, 11) is 0. The number of ether oxygens (including phenoxy) is 1. The minimum Gasteiger partial charge on any atom is -0.378 e. The van der Waals surface area contributed by atoms with Gasteiger partial charge in [-0.15, -0.1) is 0 Å². The van der Waals surface area contributed by atoms with E-state index in [-0.39, 0.29) is 0 Å². The second-order valence-electron chi connectivity index (χ2n) is 3.98. The van der Waals surface area contributed by atoms with Crippen LogP contribution in [0.4, 0.5) is 0 Å². The Morgan fingerprint density at radius 2 is 1.93 bits per heavy atom. The van der Waals surface area contributed by atoms with E-state index in [0.717, 1.165) is 37.6 Å². The van der Waals surface area contributed by atoms with Crippen LogP contribution < -0.4 is 0 Å². The first-order chi connectivity index (χ1) is 7.20. The van der Waals surface area contributed by atoms with E-state index in [1.165, 1.54) is 10.8 Å². The van der Waals surface area contributed by atoms with Crippen molar-refractivity contribution < 1.29 is 9.94 Å². The lowest BCUT2D eigenvalue weighted by atomic mass is 10.1. The average molecular weight is 210 g/mol. The van der Waals surface area contributed by atoms with Gasteiger partial charge in [0.1, 0.15) is 0 Å². The van der Waals surface area contributed by atoms with Crippen molar-refractivity contribution in [3.05, 3.63) is 23.0 Å². The zero-order chi connectivity index (χ0) is 10.8. The van der Waals surface area contributed by atoms with E-state index in [1.807, 2.05) is 6.92 Å². The summed E-state index contributed by atoms with van der Waals surface area (Å²) >= 11 is 0. The zero-order valence-electron chi connectivity index (χ0n) is 9.36. The maximum atomic E-state index is 9.55. The van der Waals surface area contributed by atoms with Gasteiger partial charge in [0, 0.05) is 24.5 Å². The van der Waals surface area contributed by atoms with Crippen LogP contribution >= 0.6 is 0 Å². The molecule has 0 bridgehead atoms. The van der Waals surface area contributed by atoms with Gasteiger partial charge in [-0.05, 0) is 25.5 Å². The van der Waals surface area contributed by atoms with Gasteiger partial charge in [-0.3, -0.25) is 10.3 Å². The Bertz CT molecular complexity index is 304. The maximum Gasteiger partial charge on any atom is 0.0653 e. The Hall–Kier alpha value is -1.00. The molecule has 0 atom stereocenters. The lowest BCUT2D eigenvalue weighted by molar-refractivity contribution is -0.0480. The lowest BCUT2D eigenvalue weighted by Gasteiger charge is -2.35. The first kappa shape index (κ1) is 10.5. The van der Waals surface area contributed by atoms with E-state index >= 15 is 0 Å². The number of hydrogen-bond acceptors (Lipinski definition) is 4. The molecule has 0 radical (unpaired) electrons. The van der Waals surface area contributed by atoms with Gasteiger partial charge in [0.25, 0.3) is 0 Å². The molecule has 0 aromatic heterocycles. The predicted octanol–water partition coefficient (Wildman–Crippen LogP) is 1.20. The first-order valence-electron chi connectivity index (χ1n) is 5.37. The zero-order valence-corrected chi connectivity index (χ0v) is 9.36. The van der Waals surface area contributed by atoms with Gasteiger partial charge in [0.15, 0.2) is 0 Å². The van der Waals surface area contributed by atoms with Crippen LogP contribution in [0.1, 0.15) is 13.8 Å². The van der Waals surface area contributed by atoms with Gasteiger partial charge < -0.3 is 9.64 Å². The van der Waals surface area contributed by atoms with E-state index in [1.54, 1.807) is 0 Å². The molecule has 4 nitrogen and oxygen atoms in total. The van der Waals surface area contributed by atoms with E-state index in [0.29, 0.717) is 6.54 Å². The third-order valence-corrected chi connectivity index (χ3v) is 3.12. The van der Waals surface area contributed by atoms with Crippen molar-refractivity contribution in [2.75, 3.05) is 32.8 Å². The molecule has 0 saturated carbocycles. The van der Waals surface area contributed by atoms with Crippen molar-refractivity contribution in [3.63, 3.8) is 0 Å². The monoisotopic (exact) mass is 210 g/mol. The average Bonchev–Trinajstić information content (AvgIpc) is 2.27. The Balaban J connectivity index is 2.15. The van der Waals surface area contributed by atoms with Crippen LogP contribution in [0.5, 0.6) is 0 Å². The second kappa shape index (κ2) is 4.24. The maximum absolute atomic E-state index is 9.55. The molecule has 84 valence electrons. The molecule has 1 fully saturated rings. The van der Waals surface area contributed by atoms with Crippen molar-refractivity contribution in [2.24, 2.45) is 0 Å². The van der Waals surface area contributed by atoms with Gasteiger partial charge in [0.2, 0.25) is 0 Å². The molecule has 2 heterocycles. The van der Waals surface area contributed by atoms with Crippen molar-refractivity contribution in [2.45, 2.75) is 13.8 Å². The van der Waals surface area contributed by atoms with Crippen LogP contribution in [0.15, 0.2) is 23.0 Å². The minimum atomic E-state index is 0.579. The van der Waals surface area contributed by atoms with Gasteiger partial charge >= 0.3 is 0 Å². The summed E-state index contributed by atoms with van der Waals surface area (Å²) in [6, 6.07) is 0. The predicted molar refractivity (Wildman–Crippen MR) is 57.3 cm³/mol. The number of rotatable bonds is 1. The molecule has 0 unspecified atom stereocenters. The fraction of sp³-hybridized carbons (Fsp3) is 0.636. The third-order valence-electron chi connectivity index (χ3n) is 3.12. The quantitative estimate of drug-likeness (QED) is 0.705. The fourth-order valence-corrected chi connectivity index (χ4v) is 2.01. The summed E-state index contributed by atoms with van der Waals surface area (Å²) in [5.41, 5.74) is 3.35. The van der Waals surface area contributed by atoms with Gasteiger partial charge in [-0.25, -0.2) is 0 Å². The molecule has 4 heteroatoms. The van der Waals surface area contributed by atoms with E-state index in [9.17, 15) is 5.21 Å². The van der Waals surface area contributed by atoms with Crippen LogP contribution in [0, 0.1) is 0 Å². The second-order valence-corrected chi connectivity index (χ2v) is 3.98. The van der Waals surface area contributed by atoms with Gasteiger partial charge in [-0.1, -0.05) is 0 Å². The largest absolute Gasteiger partial charge is 0.378 e. The van der Waals surface area contributed by atoms with Gasteiger partial charge in [0.05, 0.1) is 19.8 Å². The molecule has 1 saturated heterocycles. The minimum absolute atomic E-state index is 0.579. The summed E-state index contributed by atoms with van der Waals surface area (Å²) < 4.78 is 5.33. The molecular formula is C11H18N2O2. The lowest BCUT2D eigenvalue weighted by Crippen LogP contribution is -2.38. The summed E-state index contributed by atoms with van der Waals surface area (Å²) in [5, 5.41) is 10.8. The number of hydroxylamine groups is 2. The number of allylic oxidation sites excluding steroid dienone is 2. The van der Waals surface area contributed by atoms with E-state index in [2.05, 4.69) is 17.9 Å². The molecule has 0 aromatic rings. The Morgan fingerprint density at radius 3 is 2.60 bits per heavy atom. The first-order valence-corrected chi connectivity index (χ1v) is 5.37. The molecule has 0 aromatic carbocycles. The summed E-state index contributed by atoms with van der Waals surface area (Å²) in [6.45, 7) is 8.07. The van der Waals surface area contributed by atoms with E-state index in [4.69, 9.17) is 4.74 Å². The van der Waals surface area contributed by atoms with Crippen LogP contribution in [-0.4, -0.2) is 48.0 Å². The molecule has 0 spiro atoms. The van der Waals surface area contributed by atoms with Crippen molar-refractivity contribution in [3.8, 4) is 0 Å². The topological polar surface area (TPSA) is 35.9 Å². The van der Waals surface area contributed by atoms with Crippen molar-refractivity contribution in [1.82, 2.24) is 9.96 Å². The Kier molecular flexibility index (Phi) is 2.98. The Morgan fingerprint density at radius 1 is 1.27 bits per heavy atom. The highest BCUT2D eigenvalue weighted by Gasteiger charge is 2.20. The van der Waals surface area contributed by atoms with Crippen LogP contribution in [0.3, 0.4) is 0 Å². The molecular weight excluding hydrogens is 192 g/mol. The molecule has 1 N–H and O–H groups in total. The van der Waals surface area contributed by atoms with Crippen molar-refractivity contribution in [1.29, 1.82) is 0 Å². The standard InChI is InChI=1S/C11H18N2O2/c1-9-10(2)13(14)4-3-11(9)12-5-7-15-8-6-12/h3,14H,4-8H2,1-2H3. The molecule has 15 heavy (non-hydrogen) atoms. The summed E-state index contributed by atoms with van der Waals surface area (Å²) in [6.07, 6.45) is 2.08. The number of morpholine rings is 1. The van der Waals surface area contributed by atoms with Gasteiger partial charge in [-0.2, -0.15) is 0 Å². The van der Waals surface area contributed by atoms with Crippen molar-refractivity contribution >= 4 is 0 Å². The van der Waals surface area contributed by atoms with Crippen LogP contribution in [0.2, 0.25) is 0 Å². The number of hydrogen-bond donors (Lipinski definition) is 1. The summed E-state index contributed by atoms with van der Waals surface area (Å²) in [5.74, 6) is 0. The molecule has 2 aliphatic heterocycles. The molecule has 2 aliphatic rings. The van der Waals surface area contributed by atoms with Crippen LogP contribution in [-0.2, 0) is 4.74 Å². The normalized spacial score (nSPS) is 23.3. The highest BCUT2D eigenvalue weighted by Crippen LogP contribution is 2.24. The number of nitrogens with zero attached hydrogens (tertiary/aromatic N) is 2. The highest BCUT2D eigenvalue weighted by atomic mass is 16.5. The SMILES string of the molecule is CC1=C(C)N(O)CC=C1N1CCOCC1. The molecule has 0 amide bonds. The Labute approximate surface area is 90.4 Å². The molecule has 2 rings (SSSR count). The smallest absolute Gasteiger partial charge is 0.0653 e. The van der Waals surface area contributed by atoms with E-state index < -0.39 is 0 Å². The fourth-order valence-electron chi connectivity index (χ4n) is 2.01. The molecule has 0 aliphatic carbocycles. The summed E-state index contributed by atoms with van der Waals surface area (Å²) in [4.78, 5) is 2.33. The highest BCUT2D eigenvalue weighted by molar-refractivity contribution is 5.34. The third kappa shape index (κ3) is 2.01.